The van der Waals surface area contributed by atoms with E-state index >= 15 is 0 Å². The van der Waals surface area contributed by atoms with E-state index in [4.69, 9.17) is 4.74 Å². The monoisotopic (exact) mass is 264 g/mol. The fourth-order valence-corrected chi connectivity index (χ4v) is 2.07. The van der Waals surface area contributed by atoms with Crippen molar-refractivity contribution in [1.29, 1.82) is 0 Å². The number of ether oxygens (including phenoxy) is 1. The number of hydrogen-bond acceptors (Lipinski definition) is 2. The molecule has 4 heteroatoms. The molecule has 0 atom stereocenters. The van der Waals surface area contributed by atoms with Crippen molar-refractivity contribution in [2.24, 2.45) is 0 Å². The first-order valence-electron chi connectivity index (χ1n) is 6.35. The summed E-state index contributed by atoms with van der Waals surface area (Å²) in [5, 5.41) is 0.605. The molecule has 0 unspecified atom stereocenters. The molecule has 0 saturated carbocycles. The van der Waals surface area contributed by atoms with Crippen LogP contribution in [0.2, 0.25) is 0 Å². The fourth-order valence-electron chi connectivity index (χ4n) is 2.07. The minimum Gasteiger partial charge on any atom is -0.494 e. The number of nitrogens with zero attached hydrogens (tertiary/aromatic N) is 2. The van der Waals surface area contributed by atoms with Crippen molar-refractivity contribution in [2.75, 3.05) is 21.2 Å². The van der Waals surface area contributed by atoms with Gasteiger partial charge in [0.05, 0.1) is 12.6 Å². The van der Waals surface area contributed by atoms with Gasteiger partial charge in [-0.1, -0.05) is 0 Å². The summed E-state index contributed by atoms with van der Waals surface area (Å²) in [5.74, 6) is -0.00136. The SMILES string of the molecule is COc1ccc2c(ccn2CC(C)(C)N(C)C)c1F. The van der Waals surface area contributed by atoms with Crippen molar-refractivity contribution in [3.63, 3.8) is 0 Å². The first kappa shape index (κ1) is 13.9. The molecule has 1 aromatic heterocycles. The molecule has 2 aromatic rings. The Kier molecular flexibility index (Phi) is 3.54. The van der Waals surface area contributed by atoms with E-state index in [1.807, 2.05) is 12.3 Å². The van der Waals surface area contributed by atoms with E-state index in [2.05, 4.69) is 37.4 Å². The highest BCUT2D eigenvalue weighted by atomic mass is 19.1. The van der Waals surface area contributed by atoms with Gasteiger partial charge in [0, 0.05) is 23.7 Å². The van der Waals surface area contributed by atoms with Gasteiger partial charge in [-0.2, -0.15) is 0 Å². The van der Waals surface area contributed by atoms with Crippen molar-refractivity contribution in [1.82, 2.24) is 9.47 Å². The van der Waals surface area contributed by atoms with Crippen molar-refractivity contribution in [3.8, 4) is 5.75 Å². The lowest BCUT2D eigenvalue weighted by atomic mass is 10.0. The molecule has 0 amide bonds. The Morgan fingerprint density at radius 1 is 1.26 bits per heavy atom. The van der Waals surface area contributed by atoms with Gasteiger partial charge in [0.1, 0.15) is 0 Å². The summed E-state index contributed by atoms with van der Waals surface area (Å²) in [5.41, 5.74) is 0.899. The maximum atomic E-state index is 14.1. The van der Waals surface area contributed by atoms with Gasteiger partial charge in [0.2, 0.25) is 0 Å². The lowest BCUT2D eigenvalue weighted by molar-refractivity contribution is 0.171. The number of methoxy groups -OCH3 is 1. The predicted octanol–water partition coefficient (Wildman–Crippen LogP) is 3.13. The van der Waals surface area contributed by atoms with Gasteiger partial charge in [0.25, 0.3) is 0 Å². The van der Waals surface area contributed by atoms with Crippen molar-refractivity contribution in [3.05, 3.63) is 30.2 Å². The van der Waals surface area contributed by atoms with Crippen LogP contribution in [-0.2, 0) is 6.54 Å². The Bertz CT molecular complexity index is 587. The van der Waals surface area contributed by atoms with Crippen LogP contribution in [0.25, 0.3) is 10.9 Å². The number of rotatable bonds is 4. The van der Waals surface area contributed by atoms with Crippen LogP contribution in [-0.4, -0.2) is 36.2 Å². The summed E-state index contributed by atoms with van der Waals surface area (Å²) in [6, 6.07) is 5.39. The second kappa shape index (κ2) is 4.85. The molecular formula is C15H21FN2O. The highest BCUT2D eigenvalue weighted by Crippen LogP contribution is 2.28. The van der Waals surface area contributed by atoms with Crippen LogP contribution in [0.3, 0.4) is 0 Å². The van der Waals surface area contributed by atoms with Crippen LogP contribution in [0.4, 0.5) is 4.39 Å². The lowest BCUT2D eigenvalue weighted by Crippen LogP contribution is -2.41. The molecule has 0 aliphatic rings. The second-order valence-corrected chi connectivity index (χ2v) is 5.67. The van der Waals surface area contributed by atoms with Crippen LogP contribution in [0.15, 0.2) is 24.4 Å². The van der Waals surface area contributed by atoms with Crippen molar-refractivity contribution in [2.45, 2.75) is 25.9 Å². The van der Waals surface area contributed by atoms with Gasteiger partial charge in [-0.05, 0) is 46.1 Å². The van der Waals surface area contributed by atoms with E-state index in [0.29, 0.717) is 5.39 Å². The van der Waals surface area contributed by atoms with E-state index in [1.165, 1.54) is 7.11 Å². The quantitative estimate of drug-likeness (QED) is 0.844. The Morgan fingerprint density at radius 3 is 2.53 bits per heavy atom. The minimum atomic E-state index is -0.290. The maximum absolute atomic E-state index is 14.1. The van der Waals surface area contributed by atoms with Crippen LogP contribution in [0, 0.1) is 5.82 Å². The fraction of sp³-hybridized carbons (Fsp3) is 0.467. The standard InChI is InChI=1S/C15H21FN2O/c1-15(2,17(3)4)10-18-9-8-11-12(18)6-7-13(19-5)14(11)16/h6-9H,10H2,1-5H3. The zero-order chi connectivity index (χ0) is 14.2. The van der Waals surface area contributed by atoms with Crippen molar-refractivity contribution >= 4 is 10.9 Å². The molecule has 0 saturated heterocycles. The van der Waals surface area contributed by atoms with Gasteiger partial charge >= 0.3 is 0 Å². The van der Waals surface area contributed by atoms with Crippen molar-refractivity contribution < 1.29 is 9.13 Å². The average Bonchev–Trinajstić information content (AvgIpc) is 2.73. The summed E-state index contributed by atoms with van der Waals surface area (Å²) in [7, 11) is 5.58. The molecule has 19 heavy (non-hydrogen) atoms. The van der Waals surface area contributed by atoms with Gasteiger partial charge in [-0.15, -0.1) is 0 Å². The number of fused-ring (bicyclic) bond motifs is 1. The first-order chi connectivity index (χ1) is 8.86. The molecule has 0 radical (unpaired) electrons. The first-order valence-corrected chi connectivity index (χ1v) is 6.35. The number of hydrogen-bond donors (Lipinski definition) is 0. The minimum absolute atomic E-state index is 0.00234. The molecule has 3 nitrogen and oxygen atoms in total. The van der Waals surface area contributed by atoms with Crippen LogP contribution >= 0.6 is 0 Å². The maximum Gasteiger partial charge on any atom is 0.174 e. The topological polar surface area (TPSA) is 17.4 Å². The molecule has 104 valence electrons. The highest BCUT2D eigenvalue weighted by molar-refractivity contribution is 5.82. The molecule has 0 fully saturated rings. The molecule has 2 rings (SSSR count). The summed E-state index contributed by atoms with van der Waals surface area (Å²) in [4.78, 5) is 2.17. The Morgan fingerprint density at radius 2 is 1.95 bits per heavy atom. The second-order valence-electron chi connectivity index (χ2n) is 5.67. The average molecular weight is 264 g/mol. The van der Waals surface area contributed by atoms with Crippen LogP contribution in [0.5, 0.6) is 5.75 Å². The Labute approximate surface area is 113 Å². The van der Waals surface area contributed by atoms with E-state index in [1.54, 1.807) is 12.1 Å². The number of benzene rings is 1. The molecule has 0 bridgehead atoms. The van der Waals surface area contributed by atoms with E-state index in [0.717, 1.165) is 12.1 Å². The molecular weight excluding hydrogens is 243 g/mol. The number of halogens is 1. The Balaban J connectivity index is 2.45. The third-order valence-corrected chi connectivity index (χ3v) is 3.84. The van der Waals surface area contributed by atoms with E-state index in [-0.39, 0.29) is 17.1 Å². The number of aromatic nitrogens is 1. The predicted molar refractivity (Wildman–Crippen MR) is 76.2 cm³/mol. The van der Waals surface area contributed by atoms with Gasteiger partial charge in [-0.3, -0.25) is 0 Å². The third kappa shape index (κ3) is 2.45. The van der Waals surface area contributed by atoms with Crippen LogP contribution in [0.1, 0.15) is 13.8 Å². The lowest BCUT2D eigenvalue weighted by Gasteiger charge is -2.33. The summed E-state index contributed by atoms with van der Waals surface area (Å²) in [6.45, 7) is 5.13. The van der Waals surface area contributed by atoms with Gasteiger partial charge in [-0.25, -0.2) is 4.39 Å². The number of likely N-dealkylation sites (N-methyl/N-ethyl adjacent to an activating group) is 1. The molecule has 0 aliphatic carbocycles. The summed E-state index contributed by atoms with van der Waals surface area (Å²) >= 11 is 0. The van der Waals surface area contributed by atoms with Gasteiger partial charge < -0.3 is 14.2 Å². The molecule has 0 spiro atoms. The highest BCUT2D eigenvalue weighted by Gasteiger charge is 2.22. The Hall–Kier alpha value is -1.55. The zero-order valence-corrected chi connectivity index (χ0v) is 12.2. The van der Waals surface area contributed by atoms with E-state index in [9.17, 15) is 4.39 Å². The van der Waals surface area contributed by atoms with Crippen LogP contribution < -0.4 is 4.74 Å². The van der Waals surface area contributed by atoms with E-state index < -0.39 is 0 Å². The summed E-state index contributed by atoms with van der Waals surface area (Å²) < 4.78 is 21.2. The summed E-state index contributed by atoms with van der Waals surface area (Å²) in [6.07, 6.45) is 1.93. The largest absolute Gasteiger partial charge is 0.494 e. The molecule has 1 aromatic carbocycles. The molecule has 0 aliphatic heterocycles. The smallest absolute Gasteiger partial charge is 0.174 e. The molecule has 1 heterocycles. The molecule has 0 N–H and O–H groups in total. The zero-order valence-electron chi connectivity index (χ0n) is 12.2. The normalized spacial score (nSPS) is 12.4. The van der Waals surface area contributed by atoms with Gasteiger partial charge in [0.15, 0.2) is 11.6 Å². The third-order valence-electron chi connectivity index (χ3n) is 3.84.